The Morgan fingerprint density at radius 2 is 1.96 bits per heavy atom. The fraction of sp³-hybridized carbons (Fsp3) is 0.474. The molecule has 2 amide bonds. The summed E-state index contributed by atoms with van der Waals surface area (Å²) in [5.74, 6) is 0.397. The minimum atomic E-state index is -0.425. The lowest BCUT2D eigenvalue weighted by molar-refractivity contribution is -0.136. The second-order valence-electron chi connectivity index (χ2n) is 7.12. The SMILES string of the molecule is CCn1c(C2CCN(C(=O)[C@@H]3CC(=O)Nc4ccccc43)CC2)n[nH]c1=O. The van der Waals surface area contributed by atoms with Crippen LogP contribution >= 0.6 is 0 Å². The molecule has 0 aliphatic carbocycles. The number of amides is 2. The predicted molar refractivity (Wildman–Crippen MR) is 99.5 cm³/mol. The van der Waals surface area contributed by atoms with Gasteiger partial charge in [-0.05, 0) is 31.4 Å². The molecule has 8 heteroatoms. The average molecular weight is 369 g/mol. The number of rotatable bonds is 3. The van der Waals surface area contributed by atoms with Gasteiger partial charge in [0.2, 0.25) is 11.8 Å². The first kappa shape index (κ1) is 17.5. The number of likely N-dealkylation sites (tertiary alicyclic amines) is 1. The molecule has 0 bridgehead atoms. The van der Waals surface area contributed by atoms with Crippen LogP contribution in [0, 0.1) is 0 Å². The number of H-pyrrole nitrogens is 1. The number of hydrogen-bond donors (Lipinski definition) is 2. The van der Waals surface area contributed by atoms with E-state index in [-0.39, 0.29) is 29.8 Å². The van der Waals surface area contributed by atoms with Gasteiger partial charge in [0.25, 0.3) is 0 Å². The number of aromatic amines is 1. The number of piperidine rings is 1. The van der Waals surface area contributed by atoms with Crippen LogP contribution in [0.25, 0.3) is 0 Å². The van der Waals surface area contributed by atoms with E-state index in [4.69, 9.17) is 0 Å². The third-order valence-electron chi connectivity index (χ3n) is 5.57. The zero-order valence-electron chi connectivity index (χ0n) is 15.3. The smallest absolute Gasteiger partial charge is 0.342 e. The summed E-state index contributed by atoms with van der Waals surface area (Å²) in [5, 5.41) is 9.54. The van der Waals surface area contributed by atoms with Crippen LogP contribution in [0.3, 0.4) is 0 Å². The van der Waals surface area contributed by atoms with Gasteiger partial charge in [-0.15, -0.1) is 0 Å². The molecule has 1 aromatic carbocycles. The number of nitrogens with zero attached hydrogens (tertiary/aromatic N) is 3. The lowest BCUT2D eigenvalue weighted by atomic mass is 9.88. The van der Waals surface area contributed by atoms with Crippen LogP contribution < -0.4 is 11.0 Å². The number of nitrogens with one attached hydrogen (secondary N) is 2. The molecule has 3 heterocycles. The van der Waals surface area contributed by atoms with Gasteiger partial charge in [0.1, 0.15) is 5.82 Å². The third-order valence-corrected chi connectivity index (χ3v) is 5.57. The van der Waals surface area contributed by atoms with E-state index in [9.17, 15) is 14.4 Å². The van der Waals surface area contributed by atoms with Gasteiger partial charge < -0.3 is 10.2 Å². The fourth-order valence-electron chi connectivity index (χ4n) is 4.16. The molecule has 2 N–H and O–H groups in total. The van der Waals surface area contributed by atoms with Crippen molar-refractivity contribution in [2.24, 2.45) is 0 Å². The molecule has 2 aromatic rings. The van der Waals surface area contributed by atoms with Crippen molar-refractivity contribution < 1.29 is 9.59 Å². The number of para-hydroxylation sites is 1. The maximum Gasteiger partial charge on any atom is 0.343 e. The molecule has 27 heavy (non-hydrogen) atoms. The minimum absolute atomic E-state index is 0.00524. The van der Waals surface area contributed by atoms with E-state index in [0.29, 0.717) is 19.6 Å². The summed E-state index contributed by atoms with van der Waals surface area (Å²) in [7, 11) is 0. The molecule has 0 spiro atoms. The van der Waals surface area contributed by atoms with Gasteiger partial charge in [0, 0.05) is 37.7 Å². The van der Waals surface area contributed by atoms with Crippen LogP contribution in [0.2, 0.25) is 0 Å². The summed E-state index contributed by atoms with van der Waals surface area (Å²) >= 11 is 0. The highest BCUT2D eigenvalue weighted by atomic mass is 16.2. The largest absolute Gasteiger partial charge is 0.343 e. The topological polar surface area (TPSA) is 100 Å². The van der Waals surface area contributed by atoms with Gasteiger partial charge in [0.05, 0.1) is 5.92 Å². The van der Waals surface area contributed by atoms with Gasteiger partial charge in [-0.25, -0.2) is 9.89 Å². The van der Waals surface area contributed by atoms with Crippen molar-refractivity contribution in [2.45, 2.75) is 44.6 Å². The minimum Gasteiger partial charge on any atom is -0.342 e. The van der Waals surface area contributed by atoms with Crippen molar-refractivity contribution in [1.82, 2.24) is 19.7 Å². The number of anilines is 1. The number of carbonyl (C=O) groups is 2. The van der Waals surface area contributed by atoms with Crippen LogP contribution in [-0.2, 0) is 16.1 Å². The van der Waals surface area contributed by atoms with Gasteiger partial charge in [0.15, 0.2) is 0 Å². The summed E-state index contributed by atoms with van der Waals surface area (Å²) in [4.78, 5) is 38.7. The lowest BCUT2D eigenvalue weighted by Crippen LogP contribution is -2.43. The Kier molecular flexibility index (Phi) is 4.55. The first-order valence-corrected chi connectivity index (χ1v) is 9.41. The number of aromatic nitrogens is 3. The maximum absolute atomic E-state index is 13.1. The average Bonchev–Trinajstić information content (AvgIpc) is 3.07. The molecular formula is C19H23N5O3. The van der Waals surface area contributed by atoms with Crippen molar-refractivity contribution in [1.29, 1.82) is 0 Å². The quantitative estimate of drug-likeness (QED) is 0.855. The highest BCUT2D eigenvalue weighted by molar-refractivity contribution is 6.01. The Balaban J connectivity index is 1.48. The molecular weight excluding hydrogens is 346 g/mol. The summed E-state index contributed by atoms with van der Waals surface area (Å²) in [6.07, 6.45) is 1.71. The van der Waals surface area contributed by atoms with E-state index in [2.05, 4.69) is 15.5 Å². The molecule has 1 atom stereocenters. The Bertz CT molecular complexity index is 923. The van der Waals surface area contributed by atoms with E-state index in [1.807, 2.05) is 36.1 Å². The highest BCUT2D eigenvalue weighted by Gasteiger charge is 2.35. The molecule has 0 unspecified atom stereocenters. The number of fused-ring (bicyclic) bond motifs is 1. The zero-order chi connectivity index (χ0) is 19.0. The van der Waals surface area contributed by atoms with E-state index in [1.54, 1.807) is 4.57 Å². The van der Waals surface area contributed by atoms with Crippen LogP contribution in [0.15, 0.2) is 29.1 Å². The van der Waals surface area contributed by atoms with Crippen molar-refractivity contribution in [3.05, 3.63) is 46.1 Å². The molecule has 142 valence electrons. The van der Waals surface area contributed by atoms with Crippen molar-refractivity contribution >= 4 is 17.5 Å². The van der Waals surface area contributed by atoms with Crippen LogP contribution in [0.5, 0.6) is 0 Å². The van der Waals surface area contributed by atoms with Crippen LogP contribution in [0.1, 0.15) is 49.4 Å². The number of hydrogen-bond acceptors (Lipinski definition) is 4. The zero-order valence-corrected chi connectivity index (χ0v) is 15.3. The number of benzene rings is 1. The van der Waals surface area contributed by atoms with E-state index >= 15 is 0 Å². The molecule has 4 rings (SSSR count). The van der Waals surface area contributed by atoms with Gasteiger partial charge in [-0.2, -0.15) is 5.10 Å². The standard InChI is InChI=1S/C19H23N5O3/c1-2-24-17(21-22-19(24)27)12-7-9-23(10-8-12)18(26)14-11-16(25)20-15-6-4-3-5-13(14)15/h3-6,12,14H,2,7-11H2,1H3,(H,20,25)(H,22,27)/t14-/m1/s1. The first-order valence-electron chi connectivity index (χ1n) is 9.41. The molecule has 0 saturated carbocycles. The van der Waals surface area contributed by atoms with Crippen molar-refractivity contribution in [3.8, 4) is 0 Å². The Labute approximate surface area is 156 Å². The summed E-state index contributed by atoms with van der Waals surface area (Å²) in [5.41, 5.74) is 1.43. The van der Waals surface area contributed by atoms with Gasteiger partial charge in [-0.1, -0.05) is 18.2 Å². The van der Waals surface area contributed by atoms with E-state index < -0.39 is 5.92 Å². The van der Waals surface area contributed by atoms with Crippen molar-refractivity contribution in [3.63, 3.8) is 0 Å². The monoisotopic (exact) mass is 369 g/mol. The molecule has 1 aromatic heterocycles. The molecule has 2 aliphatic heterocycles. The fourth-order valence-corrected chi connectivity index (χ4v) is 4.16. The summed E-state index contributed by atoms with van der Waals surface area (Å²) in [6, 6.07) is 7.49. The van der Waals surface area contributed by atoms with Crippen LogP contribution in [-0.4, -0.2) is 44.6 Å². The Hall–Kier alpha value is -2.90. The third kappa shape index (κ3) is 3.15. The van der Waals surface area contributed by atoms with E-state index in [1.165, 1.54) is 0 Å². The molecule has 8 nitrogen and oxygen atoms in total. The Morgan fingerprint density at radius 1 is 1.22 bits per heavy atom. The second kappa shape index (κ2) is 7.02. The van der Waals surface area contributed by atoms with Crippen molar-refractivity contribution in [2.75, 3.05) is 18.4 Å². The molecule has 0 radical (unpaired) electrons. The highest BCUT2D eigenvalue weighted by Crippen LogP contribution is 2.35. The molecule has 1 saturated heterocycles. The van der Waals surface area contributed by atoms with Gasteiger partial charge in [-0.3, -0.25) is 14.2 Å². The molecule has 1 fully saturated rings. The lowest BCUT2D eigenvalue weighted by Gasteiger charge is -2.35. The summed E-state index contributed by atoms with van der Waals surface area (Å²) < 4.78 is 1.66. The first-order chi connectivity index (χ1) is 13.1. The number of carbonyl (C=O) groups excluding carboxylic acids is 2. The normalized spacial score (nSPS) is 20.3. The van der Waals surface area contributed by atoms with E-state index in [0.717, 1.165) is 29.9 Å². The second-order valence-corrected chi connectivity index (χ2v) is 7.12. The summed E-state index contributed by atoms with van der Waals surface area (Å²) in [6.45, 7) is 3.71. The maximum atomic E-state index is 13.1. The predicted octanol–water partition coefficient (Wildman–Crippen LogP) is 1.42. The van der Waals surface area contributed by atoms with Crippen LogP contribution in [0.4, 0.5) is 5.69 Å². The Morgan fingerprint density at radius 3 is 2.70 bits per heavy atom. The molecule has 2 aliphatic rings. The van der Waals surface area contributed by atoms with Gasteiger partial charge >= 0.3 is 5.69 Å².